The number of carbonyl (C=O) groups excluding carboxylic acids is 1. The molecule has 0 radical (unpaired) electrons. The molecule has 3 aromatic rings. The summed E-state index contributed by atoms with van der Waals surface area (Å²) >= 11 is 1.12. The number of ether oxygens (including phenoxy) is 1. The van der Waals surface area contributed by atoms with Crippen molar-refractivity contribution in [2.45, 2.75) is 12.6 Å². The van der Waals surface area contributed by atoms with Gasteiger partial charge in [-0.3, -0.25) is 4.79 Å². The van der Waals surface area contributed by atoms with Gasteiger partial charge in [-0.1, -0.05) is 23.5 Å². The van der Waals surface area contributed by atoms with Crippen LogP contribution in [0.3, 0.4) is 0 Å². The molecule has 26 heavy (non-hydrogen) atoms. The van der Waals surface area contributed by atoms with Gasteiger partial charge in [0.25, 0.3) is 0 Å². The summed E-state index contributed by atoms with van der Waals surface area (Å²) in [5.41, 5.74) is 1.18. The Morgan fingerprint density at radius 2 is 1.88 bits per heavy atom. The maximum atomic E-state index is 12.9. The van der Waals surface area contributed by atoms with E-state index in [0.29, 0.717) is 20.9 Å². The Morgan fingerprint density at radius 3 is 2.58 bits per heavy atom. The van der Waals surface area contributed by atoms with Crippen LogP contribution in [0.1, 0.15) is 5.56 Å². The number of aromatic nitrogens is 1. The molecule has 0 aliphatic rings. The van der Waals surface area contributed by atoms with Gasteiger partial charge in [-0.25, -0.2) is 9.37 Å². The van der Waals surface area contributed by atoms with E-state index in [2.05, 4.69) is 10.3 Å². The molecule has 2 aromatic carbocycles. The van der Waals surface area contributed by atoms with Crippen LogP contribution in [0.2, 0.25) is 0 Å². The molecule has 4 nitrogen and oxygen atoms in total. The number of halogens is 4. The first-order valence-corrected chi connectivity index (χ1v) is 8.24. The number of hydrogen-bond acceptors (Lipinski definition) is 4. The van der Waals surface area contributed by atoms with Crippen molar-refractivity contribution in [3.63, 3.8) is 0 Å². The average molecular weight is 384 g/mol. The minimum absolute atomic E-state index is 0.0517. The highest BCUT2D eigenvalue weighted by molar-refractivity contribution is 7.22. The summed E-state index contributed by atoms with van der Waals surface area (Å²) in [6.07, 6.45) is -4.36. The van der Waals surface area contributed by atoms with E-state index in [1.807, 2.05) is 0 Å². The second-order valence-electron chi connectivity index (χ2n) is 5.40. The zero-order chi connectivity index (χ0) is 18.7. The minimum atomic E-state index is -4.41. The Bertz CT molecular complexity index is 923. The number of fused-ring (bicyclic) bond motifs is 1. The van der Waals surface area contributed by atoms with E-state index >= 15 is 0 Å². The zero-order valence-corrected chi connectivity index (χ0v) is 14.0. The lowest BCUT2D eigenvalue weighted by atomic mass is 10.1. The van der Waals surface area contributed by atoms with E-state index in [1.54, 1.807) is 0 Å². The number of nitrogens with one attached hydrogen (secondary N) is 1. The average Bonchev–Trinajstić information content (AvgIpc) is 2.95. The van der Waals surface area contributed by atoms with Gasteiger partial charge in [0.05, 0.1) is 16.6 Å². The van der Waals surface area contributed by atoms with Crippen molar-refractivity contribution in [2.75, 3.05) is 11.9 Å². The molecule has 0 fully saturated rings. The molecule has 1 heterocycles. The number of hydrogen-bond donors (Lipinski definition) is 1. The summed E-state index contributed by atoms with van der Waals surface area (Å²) in [4.78, 5) is 16.2. The summed E-state index contributed by atoms with van der Waals surface area (Å²) in [6, 6.07) is 9.90. The van der Waals surface area contributed by atoms with Crippen LogP contribution >= 0.6 is 11.3 Å². The fraction of sp³-hybridized carbons (Fsp3) is 0.176. The normalized spacial score (nSPS) is 11.5. The standard InChI is InChI=1S/C17H12F4N2O2S/c18-11-3-1-10(2-4-11)7-15(24)23-16-22-13-6-5-12(8-14(13)26-16)25-9-17(19,20)21/h1-6,8H,7,9H2,(H,22,23,24). The van der Waals surface area contributed by atoms with Gasteiger partial charge in [-0.15, -0.1) is 0 Å². The Morgan fingerprint density at radius 1 is 1.15 bits per heavy atom. The first-order valence-electron chi connectivity index (χ1n) is 7.43. The number of nitrogens with zero attached hydrogens (tertiary/aromatic N) is 1. The first-order chi connectivity index (χ1) is 12.3. The zero-order valence-electron chi connectivity index (χ0n) is 13.1. The molecule has 0 saturated heterocycles. The van der Waals surface area contributed by atoms with Crippen molar-refractivity contribution in [3.8, 4) is 5.75 Å². The van der Waals surface area contributed by atoms with E-state index in [1.165, 1.54) is 42.5 Å². The summed E-state index contributed by atoms with van der Waals surface area (Å²) in [6.45, 7) is -1.38. The number of alkyl halides is 3. The van der Waals surface area contributed by atoms with Gasteiger partial charge in [0, 0.05) is 0 Å². The number of rotatable bonds is 5. The Balaban J connectivity index is 1.66. The minimum Gasteiger partial charge on any atom is -0.484 e. The second-order valence-corrected chi connectivity index (χ2v) is 6.43. The van der Waals surface area contributed by atoms with Crippen molar-refractivity contribution in [1.82, 2.24) is 4.98 Å². The van der Waals surface area contributed by atoms with Crippen LogP contribution in [-0.4, -0.2) is 23.7 Å². The molecule has 1 amide bonds. The highest BCUT2D eigenvalue weighted by Crippen LogP contribution is 2.30. The quantitative estimate of drug-likeness (QED) is 0.657. The first kappa shape index (κ1) is 18.1. The third-order valence-electron chi connectivity index (χ3n) is 3.29. The third-order valence-corrected chi connectivity index (χ3v) is 4.22. The predicted octanol–water partition coefficient (Wildman–Crippen LogP) is 4.56. The molecule has 1 N–H and O–H groups in total. The fourth-order valence-electron chi connectivity index (χ4n) is 2.16. The predicted molar refractivity (Wildman–Crippen MR) is 89.9 cm³/mol. The van der Waals surface area contributed by atoms with Crippen LogP contribution in [0.15, 0.2) is 42.5 Å². The smallest absolute Gasteiger partial charge is 0.422 e. The molecule has 0 saturated carbocycles. The van der Waals surface area contributed by atoms with Crippen LogP contribution in [-0.2, 0) is 11.2 Å². The van der Waals surface area contributed by atoms with Crippen LogP contribution in [0, 0.1) is 5.82 Å². The Hall–Kier alpha value is -2.68. The van der Waals surface area contributed by atoms with E-state index < -0.39 is 12.8 Å². The molecule has 0 bridgehead atoms. The molecular weight excluding hydrogens is 372 g/mol. The van der Waals surface area contributed by atoms with Crippen molar-refractivity contribution in [3.05, 3.63) is 53.8 Å². The number of anilines is 1. The number of thiazole rings is 1. The van der Waals surface area contributed by atoms with Crippen molar-refractivity contribution in [1.29, 1.82) is 0 Å². The van der Waals surface area contributed by atoms with E-state index in [9.17, 15) is 22.4 Å². The lowest BCUT2D eigenvalue weighted by molar-refractivity contribution is -0.153. The van der Waals surface area contributed by atoms with Crippen molar-refractivity contribution in [2.24, 2.45) is 0 Å². The molecule has 0 unspecified atom stereocenters. The van der Waals surface area contributed by atoms with Crippen molar-refractivity contribution < 1.29 is 27.1 Å². The lowest BCUT2D eigenvalue weighted by Crippen LogP contribution is -2.19. The maximum absolute atomic E-state index is 12.9. The summed E-state index contributed by atoms with van der Waals surface area (Å²) in [5.74, 6) is -0.643. The van der Waals surface area contributed by atoms with E-state index in [0.717, 1.165) is 11.3 Å². The molecular formula is C17H12F4N2O2S. The van der Waals surface area contributed by atoms with Crippen LogP contribution in [0.25, 0.3) is 10.2 Å². The van der Waals surface area contributed by atoms with Crippen LogP contribution in [0.4, 0.5) is 22.7 Å². The molecule has 0 atom stereocenters. The van der Waals surface area contributed by atoms with Crippen molar-refractivity contribution >= 4 is 32.6 Å². The molecule has 0 aliphatic carbocycles. The van der Waals surface area contributed by atoms with Gasteiger partial charge in [0.15, 0.2) is 11.7 Å². The fourth-order valence-corrected chi connectivity index (χ4v) is 3.07. The number of amides is 1. The summed E-state index contributed by atoms with van der Waals surface area (Å²) in [7, 11) is 0. The monoisotopic (exact) mass is 384 g/mol. The second kappa shape index (κ2) is 7.28. The van der Waals surface area contributed by atoms with Gasteiger partial charge in [-0.2, -0.15) is 13.2 Å². The topological polar surface area (TPSA) is 51.2 Å². The highest BCUT2D eigenvalue weighted by atomic mass is 32.1. The Kier molecular flexibility index (Phi) is 5.08. The van der Waals surface area contributed by atoms with Gasteiger partial charge in [0.1, 0.15) is 11.6 Å². The summed E-state index contributed by atoms with van der Waals surface area (Å²) < 4.78 is 54.7. The highest BCUT2D eigenvalue weighted by Gasteiger charge is 2.28. The van der Waals surface area contributed by atoms with Gasteiger partial charge < -0.3 is 10.1 Å². The largest absolute Gasteiger partial charge is 0.484 e. The van der Waals surface area contributed by atoms with Gasteiger partial charge in [0.2, 0.25) is 5.91 Å². The lowest BCUT2D eigenvalue weighted by Gasteiger charge is -2.08. The Labute approximate surface area is 149 Å². The van der Waals surface area contributed by atoms with Crippen LogP contribution in [0.5, 0.6) is 5.75 Å². The maximum Gasteiger partial charge on any atom is 0.422 e. The molecule has 3 rings (SSSR count). The number of benzene rings is 2. The molecule has 9 heteroatoms. The molecule has 0 spiro atoms. The van der Waals surface area contributed by atoms with Crippen LogP contribution < -0.4 is 10.1 Å². The molecule has 136 valence electrons. The van der Waals surface area contributed by atoms with E-state index in [-0.39, 0.29) is 23.9 Å². The van der Waals surface area contributed by atoms with Gasteiger partial charge >= 0.3 is 6.18 Å². The summed E-state index contributed by atoms with van der Waals surface area (Å²) in [5, 5.41) is 2.94. The van der Waals surface area contributed by atoms with E-state index in [4.69, 9.17) is 4.74 Å². The molecule has 1 aromatic heterocycles. The SMILES string of the molecule is O=C(Cc1ccc(F)cc1)Nc1nc2ccc(OCC(F)(F)F)cc2s1. The van der Waals surface area contributed by atoms with Gasteiger partial charge in [-0.05, 0) is 35.9 Å². The number of carbonyl (C=O) groups is 1. The third kappa shape index (κ3) is 4.92. The molecule has 0 aliphatic heterocycles.